The Balaban J connectivity index is 2.22. The lowest BCUT2D eigenvalue weighted by molar-refractivity contribution is -0.119. The van der Waals surface area contributed by atoms with Crippen LogP contribution in [0.2, 0.25) is 0 Å². The standard InChI is InChI=1S/C11H15N3O5S2/c1-7(15)13-8-3-4-14(5-8)21(17,18)11-9(10(16)19-2)12-6-20-11/h6,8H,3-5H2,1-2H3,(H,13,15). The number of rotatable bonds is 4. The molecule has 1 aliphatic heterocycles. The summed E-state index contributed by atoms with van der Waals surface area (Å²) in [5.74, 6) is -0.986. The smallest absolute Gasteiger partial charge is 0.358 e. The van der Waals surface area contributed by atoms with E-state index in [1.165, 1.54) is 23.8 Å². The molecule has 0 aromatic carbocycles. The van der Waals surface area contributed by atoms with Crippen LogP contribution < -0.4 is 5.32 Å². The Kier molecular flexibility index (Phi) is 4.59. The number of ether oxygens (including phenoxy) is 1. The van der Waals surface area contributed by atoms with Crippen LogP contribution in [-0.4, -0.2) is 55.8 Å². The number of methoxy groups -OCH3 is 1. The fourth-order valence-corrected chi connectivity index (χ4v) is 4.89. The van der Waals surface area contributed by atoms with Crippen LogP contribution >= 0.6 is 11.3 Å². The second-order valence-electron chi connectivity index (χ2n) is 4.53. The molecule has 2 rings (SSSR count). The predicted octanol–water partition coefficient (Wildman–Crippen LogP) is -0.171. The molecule has 1 unspecified atom stereocenters. The van der Waals surface area contributed by atoms with Crippen LogP contribution in [0, 0.1) is 0 Å². The first-order valence-electron chi connectivity index (χ1n) is 6.15. The van der Waals surface area contributed by atoms with Gasteiger partial charge < -0.3 is 10.1 Å². The highest BCUT2D eigenvalue weighted by Crippen LogP contribution is 2.27. The summed E-state index contributed by atoms with van der Waals surface area (Å²) in [6, 6.07) is -0.216. The molecule has 1 aromatic heterocycles. The van der Waals surface area contributed by atoms with Crippen molar-refractivity contribution in [3.8, 4) is 0 Å². The SMILES string of the molecule is COC(=O)c1ncsc1S(=O)(=O)N1CCC(NC(C)=O)C1. The molecule has 1 aromatic rings. The first kappa shape index (κ1) is 15.9. The first-order valence-corrected chi connectivity index (χ1v) is 8.47. The van der Waals surface area contributed by atoms with E-state index in [0.717, 1.165) is 11.3 Å². The molecule has 1 fully saturated rings. The first-order chi connectivity index (χ1) is 9.86. The van der Waals surface area contributed by atoms with Crippen molar-refractivity contribution in [3.05, 3.63) is 11.2 Å². The number of sulfonamides is 1. The van der Waals surface area contributed by atoms with Gasteiger partial charge in [-0.1, -0.05) is 0 Å². The van der Waals surface area contributed by atoms with Gasteiger partial charge in [0.15, 0.2) is 9.90 Å². The molecule has 0 aliphatic carbocycles. The van der Waals surface area contributed by atoms with Crippen LogP contribution in [0.1, 0.15) is 23.8 Å². The van der Waals surface area contributed by atoms with Crippen molar-refractivity contribution in [2.45, 2.75) is 23.6 Å². The third kappa shape index (κ3) is 3.22. The molecule has 21 heavy (non-hydrogen) atoms. The summed E-state index contributed by atoms with van der Waals surface area (Å²) in [5, 5.41) is 2.69. The molecule has 1 saturated heterocycles. The molecule has 2 heterocycles. The fourth-order valence-electron chi connectivity index (χ4n) is 2.12. The maximum Gasteiger partial charge on any atom is 0.358 e. The highest BCUT2D eigenvalue weighted by Gasteiger charge is 2.36. The van der Waals surface area contributed by atoms with E-state index in [-0.39, 0.29) is 34.9 Å². The predicted molar refractivity (Wildman–Crippen MR) is 74.4 cm³/mol. The quantitative estimate of drug-likeness (QED) is 0.767. The number of nitrogens with zero attached hydrogens (tertiary/aromatic N) is 2. The van der Waals surface area contributed by atoms with Crippen molar-refractivity contribution >= 4 is 33.2 Å². The maximum absolute atomic E-state index is 12.5. The molecule has 0 bridgehead atoms. The number of hydrogen-bond acceptors (Lipinski definition) is 7. The Labute approximate surface area is 126 Å². The number of thiazole rings is 1. The molecule has 116 valence electrons. The van der Waals surface area contributed by atoms with Crippen LogP contribution in [-0.2, 0) is 19.6 Å². The second-order valence-corrected chi connectivity index (χ2v) is 7.52. The van der Waals surface area contributed by atoms with Gasteiger partial charge in [0.05, 0.1) is 12.6 Å². The Morgan fingerprint density at radius 1 is 1.52 bits per heavy atom. The summed E-state index contributed by atoms with van der Waals surface area (Å²) in [7, 11) is -2.65. The van der Waals surface area contributed by atoms with E-state index in [0.29, 0.717) is 6.42 Å². The van der Waals surface area contributed by atoms with E-state index in [1.54, 1.807) is 0 Å². The molecule has 8 nitrogen and oxygen atoms in total. The minimum Gasteiger partial charge on any atom is -0.464 e. The zero-order valence-corrected chi connectivity index (χ0v) is 13.2. The third-order valence-electron chi connectivity index (χ3n) is 3.05. The minimum atomic E-state index is -3.81. The molecule has 0 radical (unpaired) electrons. The molecule has 1 aliphatic rings. The Morgan fingerprint density at radius 3 is 2.86 bits per heavy atom. The minimum absolute atomic E-state index is 0.127. The summed E-state index contributed by atoms with van der Waals surface area (Å²) < 4.78 is 30.7. The van der Waals surface area contributed by atoms with Crippen LogP contribution in [0.3, 0.4) is 0 Å². The highest BCUT2D eigenvalue weighted by atomic mass is 32.2. The number of hydrogen-bond donors (Lipinski definition) is 1. The Morgan fingerprint density at radius 2 is 2.24 bits per heavy atom. The molecule has 1 atom stereocenters. The third-order valence-corrected chi connectivity index (χ3v) is 6.26. The van der Waals surface area contributed by atoms with Crippen molar-refractivity contribution in [3.63, 3.8) is 0 Å². The number of esters is 1. The van der Waals surface area contributed by atoms with Crippen LogP contribution in [0.15, 0.2) is 9.72 Å². The summed E-state index contributed by atoms with van der Waals surface area (Å²) in [4.78, 5) is 26.3. The summed E-state index contributed by atoms with van der Waals surface area (Å²) in [6.07, 6.45) is 0.533. The molecular formula is C11H15N3O5S2. The van der Waals surface area contributed by atoms with E-state index >= 15 is 0 Å². The van der Waals surface area contributed by atoms with Gasteiger partial charge in [0.25, 0.3) is 10.0 Å². The summed E-state index contributed by atoms with van der Waals surface area (Å²) >= 11 is 0.873. The normalized spacial score (nSPS) is 19.4. The molecule has 10 heteroatoms. The van der Waals surface area contributed by atoms with E-state index in [2.05, 4.69) is 15.0 Å². The Bertz CT molecular complexity index is 655. The van der Waals surface area contributed by atoms with E-state index in [4.69, 9.17) is 0 Å². The van der Waals surface area contributed by atoms with Crippen LogP contribution in [0.5, 0.6) is 0 Å². The number of carbonyl (C=O) groups is 2. The average molecular weight is 333 g/mol. The van der Waals surface area contributed by atoms with Crippen molar-refractivity contribution in [2.75, 3.05) is 20.2 Å². The van der Waals surface area contributed by atoms with E-state index in [1.807, 2.05) is 0 Å². The second kappa shape index (κ2) is 6.08. The van der Waals surface area contributed by atoms with Gasteiger partial charge in [-0.05, 0) is 6.42 Å². The van der Waals surface area contributed by atoms with Crippen molar-refractivity contribution in [1.29, 1.82) is 0 Å². The molecule has 1 amide bonds. The van der Waals surface area contributed by atoms with Gasteiger partial charge in [-0.2, -0.15) is 4.31 Å². The van der Waals surface area contributed by atoms with Crippen molar-refractivity contribution in [1.82, 2.24) is 14.6 Å². The van der Waals surface area contributed by atoms with E-state index in [9.17, 15) is 18.0 Å². The summed E-state index contributed by atoms with van der Waals surface area (Å²) in [6.45, 7) is 1.85. The monoisotopic (exact) mass is 333 g/mol. The van der Waals surface area contributed by atoms with Gasteiger partial charge in [-0.25, -0.2) is 18.2 Å². The molecule has 0 saturated carbocycles. The van der Waals surface area contributed by atoms with Gasteiger partial charge >= 0.3 is 5.97 Å². The average Bonchev–Trinajstić information content (AvgIpc) is 3.05. The highest BCUT2D eigenvalue weighted by molar-refractivity contribution is 7.91. The van der Waals surface area contributed by atoms with Crippen LogP contribution in [0.4, 0.5) is 0 Å². The number of carbonyl (C=O) groups excluding carboxylic acids is 2. The lowest BCUT2D eigenvalue weighted by atomic mass is 10.3. The van der Waals surface area contributed by atoms with Crippen LogP contribution in [0.25, 0.3) is 0 Å². The fraction of sp³-hybridized carbons (Fsp3) is 0.545. The van der Waals surface area contributed by atoms with Gasteiger partial charge in [-0.15, -0.1) is 11.3 Å². The topological polar surface area (TPSA) is 106 Å². The largest absolute Gasteiger partial charge is 0.464 e. The van der Waals surface area contributed by atoms with Gasteiger partial charge in [0.1, 0.15) is 0 Å². The van der Waals surface area contributed by atoms with Gasteiger partial charge in [0.2, 0.25) is 5.91 Å². The zero-order valence-electron chi connectivity index (χ0n) is 11.5. The van der Waals surface area contributed by atoms with Gasteiger partial charge in [-0.3, -0.25) is 4.79 Å². The van der Waals surface area contributed by atoms with Crippen molar-refractivity contribution in [2.24, 2.45) is 0 Å². The van der Waals surface area contributed by atoms with E-state index < -0.39 is 16.0 Å². The summed E-state index contributed by atoms with van der Waals surface area (Å²) in [5.41, 5.74) is 1.09. The molecule has 0 spiro atoms. The zero-order chi connectivity index (χ0) is 15.6. The van der Waals surface area contributed by atoms with Crippen molar-refractivity contribution < 1.29 is 22.7 Å². The molecular weight excluding hydrogens is 318 g/mol. The molecule has 1 N–H and O–H groups in total. The van der Waals surface area contributed by atoms with Gasteiger partial charge in [0, 0.05) is 26.1 Å². The number of aromatic nitrogens is 1. The number of nitrogens with one attached hydrogen (secondary N) is 1. The Hall–Kier alpha value is -1.52. The lowest BCUT2D eigenvalue weighted by Crippen LogP contribution is -2.37. The lowest BCUT2D eigenvalue weighted by Gasteiger charge is -2.16. The maximum atomic E-state index is 12.5. The number of amides is 1.